The number of phosphoric acid groups is 1. The summed E-state index contributed by atoms with van der Waals surface area (Å²) in [6.07, 6.45) is 51.7. The van der Waals surface area contributed by atoms with Crippen LogP contribution in [-0.4, -0.2) is 68.5 Å². The van der Waals surface area contributed by atoms with E-state index in [9.17, 15) is 19.4 Å². The molecule has 0 saturated carbocycles. The first-order valence-corrected chi connectivity index (χ1v) is 25.5. The van der Waals surface area contributed by atoms with Crippen molar-refractivity contribution >= 4 is 13.7 Å². The molecule has 0 aromatic carbocycles. The number of allylic oxidation sites excluding steroid dienone is 7. The Balaban J connectivity index is 4.22. The number of aliphatic hydroxyl groups is 1. The molecule has 0 aliphatic heterocycles. The van der Waals surface area contributed by atoms with Gasteiger partial charge < -0.3 is 28.8 Å². The van der Waals surface area contributed by atoms with E-state index in [2.05, 4.69) is 55.6 Å². The summed E-state index contributed by atoms with van der Waals surface area (Å²) in [5.74, 6) is -0.211. The number of nitrogens with one attached hydrogen (secondary N) is 1. The molecule has 2 N–H and O–H groups in total. The number of carbonyl (C=O) groups excluding carboxylic acids is 1. The van der Waals surface area contributed by atoms with Gasteiger partial charge in [0.2, 0.25) is 5.91 Å². The molecular weight excluding hydrogens is 744 g/mol. The van der Waals surface area contributed by atoms with Crippen LogP contribution < -0.4 is 10.2 Å². The quantitative estimate of drug-likeness (QED) is 0.0274. The summed E-state index contributed by atoms with van der Waals surface area (Å²) in [7, 11) is 1.24. The smallest absolute Gasteiger partial charge is 0.268 e. The zero-order chi connectivity index (χ0) is 42.8. The number of nitrogens with zero attached hydrogens (tertiary/aromatic N) is 1. The molecule has 0 aromatic heterocycles. The van der Waals surface area contributed by atoms with Gasteiger partial charge in [0.05, 0.1) is 39.9 Å². The summed E-state index contributed by atoms with van der Waals surface area (Å²) in [5.41, 5.74) is 0. The standard InChI is InChI=1S/C49H93N2O6P/c1-6-8-10-12-14-16-18-19-20-21-22-23-24-25-26-27-28-29-30-31-33-35-37-39-41-43-49(53)50-47(46-57-58(54,55)56-45-44-51(3,4)5)48(52)42-40-38-36-34-32-17-15-13-11-9-7-2/h18-19,21-22,32,34,40,42,47-48,52H,6-17,20,23-31,33,35-39,41,43-46H2,1-5H3,(H-,50,53,54,55)/b19-18-,22-21-,34-32+,42-40+. The lowest BCUT2D eigenvalue weighted by Crippen LogP contribution is -2.45. The first-order chi connectivity index (χ1) is 28.0. The van der Waals surface area contributed by atoms with Crippen LogP contribution in [0.15, 0.2) is 48.6 Å². The Kier molecular flexibility index (Phi) is 39.8. The summed E-state index contributed by atoms with van der Waals surface area (Å²) >= 11 is 0. The predicted molar refractivity (Wildman–Crippen MR) is 247 cm³/mol. The SMILES string of the molecule is CCCCCCC/C=C\C/C=C\CCCCCCCCCCCCCCCC(=O)NC(COP(=O)([O-])OCC[N+](C)(C)C)C(O)/C=C/CC/C=C/CCCCCCC. The Morgan fingerprint density at radius 2 is 1.02 bits per heavy atom. The van der Waals surface area contributed by atoms with Crippen LogP contribution in [0, 0.1) is 0 Å². The lowest BCUT2D eigenvalue weighted by atomic mass is 10.0. The average molecular weight is 837 g/mol. The number of aliphatic hydroxyl groups excluding tert-OH is 1. The first-order valence-electron chi connectivity index (χ1n) is 24.0. The van der Waals surface area contributed by atoms with Crippen LogP contribution in [0.25, 0.3) is 0 Å². The summed E-state index contributed by atoms with van der Waals surface area (Å²) in [5, 5.41) is 13.7. The number of quaternary nitrogens is 1. The van der Waals surface area contributed by atoms with E-state index in [-0.39, 0.29) is 12.5 Å². The number of unbranched alkanes of at least 4 members (excludes halogenated alkanes) is 24. The maximum Gasteiger partial charge on any atom is 0.268 e. The summed E-state index contributed by atoms with van der Waals surface area (Å²) in [4.78, 5) is 25.3. The van der Waals surface area contributed by atoms with Gasteiger partial charge in [0, 0.05) is 6.42 Å². The maximum absolute atomic E-state index is 12.9. The van der Waals surface area contributed by atoms with Crippen molar-refractivity contribution in [1.82, 2.24) is 5.32 Å². The lowest BCUT2D eigenvalue weighted by Gasteiger charge is -2.29. The summed E-state index contributed by atoms with van der Waals surface area (Å²) in [6, 6.07) is -0.902. The molecule has 0 heterocycles. The van der Waals surface area contributed by atoms with Gasteiger partial charge in [-0.15, -0.1) is 0 Å². The van der Waals surface area contributed by atoms with Crippen molar-refractivity contribution in [3.63, 3.8) is 0 Å². The molecule has 0 rings (SSSR count). The molecule has 0 spiro atoms. The number of carbonyl (C=O) groups is 1. The van der Waals surface area contributed by atoms with Crippen molar-refractivity contribution < 1.29 is 32.9 Å². The van der Waals surface area contributed by atoms with E-state index in [4.69, 9.17) is 9.05 Å². The molecule has 0 aliphatic carbocycles. The second-order valence-corrected chi connectivity index (χ2v) is 18.9. The number of likely N-dealkylation sites (N-methyl/N-ethyl adjacent to an activating group) is 1. The number of phosphoric ester groups is 1. The van der Waals surface area contributed by atoms with E-state index < -0.39 is 26.6 Å². The number of rotatable bonds is 43. The minimum Gasteiger partial charge on any atom is -0.756 e. The van der Waals surface area contributed by atoms with Crippen LogP contribution in [0.5, 0.6) is 0 Å². The Morgan fingerprint density at radius 3 is 1.50 bits per heavy atom. The predicted octanol–water partition coefficient (Wildman–Crippen LogP) is 13.0. The minimum absolute atomic E-state index is 0.00735. The Hall–Kier alpha value is -1.54. The van der Waals surface area contributed by atoms with Gasteiger partial charge in [-0.05, 0) is 64.2 Å². The van der Waals surface area contributed by atoms with Crippen LogP contribution in [-0.2, 0) is 18.4 Å². The van der Waals surface area contributed by atoms with Crippen molar-refractivity contribution in [2.24, 2.45) is 0 Å². The van der Waals surface area contributed by atoms with Gasteiger partial charge in [0.25, 0.3) is 7.82 Å². The van der Waals surface area contributed by atoms with Gasteiger partial charge >= 0.3 is 0 Å². The van der Waals surface area contributed by atoms with E-state index in [1.165, 1.54) is 141 Å². The van der Waals surface area contributed by atoms with Crippen molar-refractivity contribution in [3.05, 3.63) is 48.6 Å². The third-order valence-corrected chi connectivity index (χ3v) is 11.5. The van der Waals surface area contributed by atoms with Crippen LogP contribution in [0.4, 0.5) is 0 Å². The molecule has 1 amide bonds. The lowest BCUT2D eigenvalue weighted by molar-refractivity contribution is -0.870. The molecule has 3 atom stereocenters. The Bertz CT molecular complexity index is 1090. The molecule has 9 heteroatoms. The highest BCUT2D eigenvalue weighted by Gasteiger charge is 2.23. The molecule has 0 fully saturated rings. The van der Waals surface area contributed by atoms with Gasteiger partial charge in [0.1, 0.15) is 13.2 Å². The molecule has 3 unspecified atom stereocenters. The van der Waals surface area contributed by atoms with Gasteiger partial charge in [-0.3, -0.25) is 9.36 Å². The molecule has 58 heavy (non-hydrogen) atoms. The van der Waals surface area contributed by atoms with Crippen LogP contribution in [0.1, 0.15) is 206 Å². The van der Waals surface area contributed by atoms with Gasteiger partial charge in [0.15, 0.2) is 0 Å². The van der Waals surface area contributed by atoms with Gasteiger partial charge in [-0.25, -0.2) is 0 Å². The number of amides is 1. The fourth-order valence-corrected chi connectivity index (χ4v) is 7.39. The average Bonchev–Trinajstić information content (AvgIpc) is 3.17. The molecule has 0 saturated heterocycles. The topological polar surface area (TPSA) is 108 Å². The summed E-state index contributed by atoms with van der Waals surface area (Å²) in [6.45, 7) is 4.58. The van der Waals surface area contributed by atoms with E-state index in [1.54, 1.807) is 6.08 Å². The molecule has 8 nitrogen and oxygen atoms in total. The third-order valence-electron chi connectivity index (χ3n) is 10.5. The van der Waals surface area contributed by atoms with Crippen molar-refractivity contribution in [2.75, 3.05) is 40.9 Å². The highest BCUT2D eigenvalue weighted by Crippen LogP contribution is 2.38. The van der Waals surface area contributed by atoms with Gasteiger partial charge in [-0.1, -0.05) is 184 Å². The fraction of sp³-hybridized carbons (Fsp3) is 0.816. The van der Waals surface area contributed by atoms with Crippen molar-refractivity contribution in [3.8, 4) is 0 Å². The monoisotopic (exact) mass is 837 g/mol. The summed E-state index contributed by atoms with van der Waals surface area (Å²) < 4.78 is 23.2. The Labute approximate surface area is 359 Å². The van der Waals surface area contributed by atoms with E-state index >= 15 is 0 Å². The van der Waals surface area contributed by atoms with Crippen LogP contribution in [0.2, 0.25) is 0 Å². The van der Waals surface area contributed by atoms with Crippen molar-refractivity contribution in [1.29, 1.82) is 0 Å². The largest absolute Gasteiger partial charge is 0.756 e. The number of hydrogen-bond donors (Lipinski definition) is 2. The molecule has 0 radical (unpaired) electrons. The molecular formula is C49H93N2O6P. The second-order valence-electron chi connectivity index (χ2n) is 17.5. The highest BCUT2D eigenvalue weighted by molar-refractivity contribution is 7.45. The van der Waals surface area contributed by atoms with E-state index in [0.717, 1.165) is 44.9 Å². The van der Waals surface area contributed by atoms with E-state index in [0.29, 0.717) is 17.4 Å². The maximum atomic E-state index is 12.9. The third kappa shape index (κ3) is 42.6. The fourth-order valence-electron chi connectivity index (χ4n) is 6.67. The van der Waals surface area contributed by atoms with Crippen LogP contribution in [0.3, 0.4) is 0 Å². The molecule has 0 aromatic rings. The normalized spacial score (nSPS) is 14.7. The Morgan fingerprint density at radius 1 is 0.603 bits per heavy atom. The first kappa shape index (κ1) is 56.5. The zero-order valence-electron chi connectivity index (χ0n) is 38.5. The molecule has 0 bridgehead atoms. The van der Waals surface area contributed by atoms with E-state index in [1.807, 2.05) is 27.2 Å². The second kappa shape index (κ2) is 40.8. The molecule has 0 aliphatic rings. The zero-order valence-corrected chi connectivity index (χ0v) is 39.4. The molecule has 340 valence electrons. The van der Waals surface area contributed by atoms with Gasteiger partial charge in [-0.2, -0.15) is 0 Å². The van der Waals surface area contributed by atoms with Crippen LogP contribution >= 0.6 is 7.82 Å². The highest BCUT2D eigenvalue weighted by atomic mass is 31.2. The number of hydrogen-bond acceptors (Lipinski definition) is 6. The van der Waals surface area contributed by atoms with Crippen molar-refractivity contribution in [2.45, 2.75) is 219 Å². The minimum atomic E-state index is -4.59.